The molecule has 7 heteroatoms. The zero-order valence-corrected chi connectivity index (χ0v) is 23.3. The zero-order valence-electron chi connectivity index (χ0n) is 23.3. The van der Waals surface area contributed by atoms with Crippen molar-refractivity contribution in [3.8, 4) is 0 Å². The predicted molar refractivity (Wildman–Crippen MR) is 158 cm³/mol. The van der Waals surface area contributed by atoms with Gasteiger partial charge in [-0.15, -0.1) is 0 Å². The fraction of sp³-hybridized carbons (Fsp3) is 0.353. The van der Waals surface area contributed by atoms with Crippen LogP contribution in [0.1, 0.15) is 64.9 Å². The molecule has 6 rings (SSSR count). The van der Waals surface area contributed by atoms with Crippen molar-refractivity contribution in [3.05, 3.63) is 112 Å². The largest absolute Gasteiger partial charge is 0.343 e. The van der Waals surface area contributed by atoms with Crippen molar-refractivity contribution in [2.24, 2.45) is 23.3 Å². The number of fused-ring (bicyclic) bond motifs is 2. The maximum absolute atomic E-state index is 14.8. The molecule has 3 aromatic rings. The molecule has 1 unspecified atom stereocenters. The number of alkyl halides is 1. The lowest BCUT2D eigenvalue weighted by Gasteiger charge is -2.27. The minimum absolute atomic E-state index is 0.0144. The van der Waals surface area contributed by atoms with Gasteiger partial charge in [-0.25, -0.2) is 4.39 Å². The molecule has 1 saturated heterocycles. The SMILES string of the molecule is Cc1ccc2c(c1)C(CC(=O)N1C[C@H](F)C[C@H]1C(=O)N[C@@H](c1ccccc1)c1ccc(C(N)N)cc1)=CC1C[C@@H]1C2. The highest BCUT2D eigenvalue weighted by molar-refractivity contribution is 5.94. The second kappa shape index (κ2) is 11.2. The van der Waals surface area contributed by atoms with Crippen LogP contribution in [0.2, 0.25) is 0 Å². The van der Waals surface area contributed by atoms with Crippen LogP contribution in [0, 0.1) is 18.8 Å². The summed E-state index contributed by atoms with van der Waals surface area (Å²) in [5.41, 5.74) is 18.7. The van der Waals surface area contributed by atoms with E-state index in [1.807, 2.05) is 54.6 Å². The van der Waals surface area contributed by atoms with Gasteiger partial charge in [0.25, 0.3) is 0 Å². The van der Waals surface area contributed by atoms with Gasteiger partial charge in [-0.1, -0.05) is 84.4 Å². The lowest BCUT2D eigenvalue weighted by atomic mass is 9.93. The summed E-state index contributed by atoms with van der Waals surface area (Å²) in [4.78, 5) is 29.0. The number of aryl methyl sites for hydroxylation is 1. The van der Waals surface area contributed by atoms with E-state index in [1.165, 1.54) is 10.5 Å². The van der Waals surface area contributed by atoms with Crippen LogP contribution in [0.3, 0.4) is 0 Å². The average Bonchev–Trinajstić information content (AvgIpc) is 3.60. The number of rotatable bonds is 7. The Labute approximate surface area is 240 Å². The molecule has 0 radical (unpaired) electrons. The van der Waals surface area contributed by atoms with E-state index in [-0.39, 0.29) is 31.2 Å². The quantitative estimate of drug-likeness (QED) is 0.369. The molecule has 5 N–H and O–H groups in total. The molecular weight excluding hydrogens is 515 g/mol. The number of amides is 2. The van der Waals surface area contributed by atoms with Crippen LogP contribution in [0.4, 0.5) is 4.39 Å². The van der Waals surface area contributed by atoms with E-state index in [0.717, 1.165) is 46.2 Å². The third kappa shape index (κ3) is 5.83. The number of likely N-dealkylation sites (tertiary alicyclic amines) is 1. The Morgan fingerprint density at radius 1 is 0.976 bits per heavy atom. The molecule has 2 fully saturated rings. The fourth-order valence-corrected chi connectivity index (χ4v) is 6.39. The summed E-state index contributed by atoms with van der Waals surface area (Å²) in [7, 11) is 0. The monoisotopic (exact) mass is 552 g/mol. The molecule has 1 heterocycles. The van der Waals surface area contributed by atoms with Gasteiger partial charge in [-0.05, 0) is 65.0 Å². The Hall–Kier alpha value is -3.81. The first-order valence-electron chi connectivity index (χ1n) is 14.5. The van der Waals surface area contributed by atoms with E-state index in [2.05, 4.69) is 36.5 Å². The first-order chi connectivity index (χ1) is 19.8. The standard InChI is InChI=1S/C34H37FN4O2/c1-20-7-8-24-14-25-15-26(25)16-27(29(24)13-20)17-31(40)39-19-28(35)18-30(39)34(41)38-32(21-5-3-2-4-6-21)22-9-11-23(12-10-22)33(36)37/h2-13,16,25-26,28,30,32-33H,14-15,17-19,36-37H2,1H3,(H,38,41)/t25-,26?,28+,30-,32-/m0/s1. The molecule has 2 amide bonds. The van der Waals surface area contributed by atoms with E-state index in [4.69, 9.17) is 11.5 Å². The van der Waals surface area contributed by atoms with Gasteiger partial charge >= 0.3 is 0 Å². The van der Waals surface area contributed by atoms with Gasteiger partial charge in [0.2, 0.25) is 11.8 Å². The maximum Gasteiger partial charge on any atom is 0.243 e. The van der Waals surface area contributed by atoms with Gasteiger partial charge in [0.1, 0.15) is 12.2 Å². The van der Waals surface area contributed by atoms with E-state index >= 15 is 0 Å². The highest BCUT2D eigenvalue weighted by atomic mass is 19.1. The van der Waals surface area contributed by atoms with Crippen molar-refractivity contribution in [2.75, 3.05) is 6.54 Å². The van der Waals surface area contributed by atoms with Gasteiger partial charge < -0.3 is 21.7 Å². The summed E-state index contributed by atoms with van der Waals surface area (Å²) in [5, 5.41) is 3.12. The molecule has 6 nitrogen and oxygen atoms in total. The molecular formula is C34H37FN4O2. The van der Waals surface area contributed by atoms with Crippen LogP contribution in [-0.2, 0) is 16.0 Å². The Balaban J connectivity index is 1.23. The minimum atomic E-state index is -1.25. The third-order valence-corrected chi connectivity index (χ3v) is 8.77. The first kappa shape index (κ1) is 27.4. The van der Waals surface area contributed by atoms with Crippen molar-refractivity contribution in [1.82, 2.24) is 10.2 Å². The van der Waals surface area contributed by atoms with Crippen molar-refractivity contribution >= 4 is 17.4 Å². The maximum atomic E-state index is 14.8. The highest BCUT2D eigenvalue weighted by Crippen LogP contribution is 2.48. The van der Waals surface area contributed by atoms with Crippen LogP contribution in [-0.4, -0.2) is 35.5 Å². The smallest absolute Gasteiger partial charge is 0.243 e. The van der Waals surface area contributed by atoms with E-state index in [9.17, 15) is 14.0 Å². The molecule has 41 heavy (non-hydrogen) atoms. The number of hydrogen-bond acceptors (Lipinski definition) is 4. The molecule has 0 aromatic heterocycles. The van der Waals surface area contributed by atoms with Crippen molar-refractivity contribution in [1.29, 1.82) is 0 Å². The Bertz CT molecular complexity index is 1470. The molecule has 0 spiro atoms. The molecule has 1 aliphatic heterocycles. The highest BCUT2D eigenvalue weighted by Gasteiger charge is 2.42. The van der Waals surface area contributed by atoms with Crippen LogP contribution in [0.15, 0.2) is 78.9 Å². The van der Waals surface area contributed by atoms with Gasteiger partial charge in [-0.2, -0.15) is 0 Å². The molecule has 3 aromatic carbocycles. The summed E-state index contributed by atoms with van der Waals surface area (Å²) in [5.74, 6) is 0.555. The van der Waals surface area contributed by atoms with Crippen LogP contribution in [0.5, 0.6) is 0 Å². The molecule has 5 atom stereocenters. The number of nitrogens with two attached hydrogens (primary N) is 2. The lowest BCUT2D eigenvalue weighted by molar-refractivity contribution is -0.137. The molecule has 3 aliphatic rings. The average molecular weight is 553 g/mol. The Morgan fingerprint density at radius 2 is 1.68 bits per heavy atom. The minimum Gasteiger partial charge on any atom is -0.343 e. The number of hydrogen-bond donors (Lipinski definition) is 3. The van der Waals surface area contributed by atoms with E-state index < -0.39 is 24.4 Å². The topological polar surface area (TPSA) is 101 Å². The number of halogens is 1. The number of nitrogens with zero attached hydrogens (tertiary/aromatic N) is 1. The molecule has 2 aliphatic carbocycles. The van der Waals surface area contributed by atoms with Gasteiger partial charge in [0, 0.05) is 6.42 Å². The van der Waals surface area contributed by atoms with Gasteiger partial charge in [0.05, 0.1) is 25.2 Å². The normalized spacial score (nSPS) is 23.7. The molecule has 1 saturated carbocycles. The lowest BCUT2D eigenvalue weighted by Crippen LogP contribution is -2.47. The molecule has 212 valence electrons. The van der Waals surface area contributed by atoms with Crippen LogP contribution >= 0.6 is 0 Å². The van der Waals surface area contributed by atoms with Gasteiger partial charge in [-0.3, -0.25) is 9.59 Å². The van der Waals surface area contributed by atoms with Crippen molar-refractivity contribution in [3.63, 3.8) is 0 Å². The number of nitrogens with one attached hydrogen (secondary N) is 1. The second-order valence-corrected chi connectivity index (χ2v) is 11.8. The first-order valence-corrected chi connectivity index (χ1v) is 14.5. The van der Waals surface area contributed by atoms with E-state index in [0.29, 0.717) is 11.8 Å². The van der Waals surface area contributed by atoms with Crippen LogP contribution < -0.4 is 16.8 Å². The Morgan fingerprint density at radius 3 is 2.41 bits per heavy atom. The Kier molecular flexibility index (Phi) is 7.49. The number of benzene rings is 3. The summed E-state index contributed by atoms with van der Waals surface area (Å²) in [6.07, 6.45) is 2.71. The summed E-state index contributed by atoms with van der Waals surface area (Å²) in [6.45, 7) is 1.98. The zero-order chi connectivity index (χ0) is 28.7. The van der Waals surface area contributed by atoms with Crippen molar-refractivity contribution in [2.45, 2.75) is 57.0 Å². The molecule has 0 bridgehead atoms. The van der Waals surface area contributed by atoms with E-state index in [1.54, 1.807) is 0 Å². The number of carbonyl (C=O) groups is 2. The fourth-order valence-electron chi connectivity index (χ4n) is 6.39. The summed E-state index contributed by atoms with van der Waals surface area (Å²) >= 11 is 0. The summed E-state index contributed by atoms with van der Waals surface area (Å²) < 4.78 is 14.8. The van der Waals surface area contributed by atoms with Crippen molar-refractivity contribution < 1.29 is 14.0 Å². The second-order valence-electron chi connectivity index (χ2n) is 11.8. The van der Waals surface area contributed by atoms with Crippen LogP contribution in [0.25, 0.3) is 5.57 Å². The predicted octanol–water partition coefficient (Wildman–Crippen LogP) is 4.72. The summed E-state index contributed by atoms with van der Waals surface area (Å²) in [6, 6.07) is 22.2. The third-order valence-electron chi connectivity index (χ3n) is 8.77. The number of carbonyl (C=O) groups excluding carboxylic acids is 2. The number of allylic oxidation sites excluding steroid dienone is 1. The van der Waals surface area contributed by atoms with Gasteiger partial charge in [0.15, 0.2) is 0 Å².